The summed E-state index contributed by atoms with van der Waals surface area (Å²) in [4.78, 5) is 35.7. The molecule has 0 aliphatic carbocycles. The Bertz CT molecular complexity index is 422. The summed E-state index contributed by atoms with van der Waals surface area (Å²) in [6, 6.07) is 0. The molecule has 0 aromatic rings. The first-order valence-corrected chi connectivity index (χ1v) is 9.71. The average molecular weight is 368 g/mol. The van der Waals surface area contributed by atoms with Crippen molar-refractivity contribution in [3.05, 3.63) is 0 Å². The minimum absolute atomic E-state index is 0. The van der Waals surface area contributed by atoms with Crippen molar-refractivity contribution in [1.82, 2.24) is 0 Å². The van der Waals surface area contributed by atoms with Crippen molar-refractivity contribution in [3.8, 4) is 0 Å². The van der Waals surface area contributed by atoms with Gasteiger partial charge in [-0.2, -0.15) is 0 Å². The molecular weight excluding hydrogens is 344 g/mol. The molecule has 1 saturated heterocycles. The minimum atomic E-state index is -4.91. The smallest absolute Gasteiger partial charge is 0.470 e. The zero-order chi connectivity index (χ0) is 15.6. The summed E-state index contributed by atoms with van der Waals surface area (Å²) in [6.45, 7) is 1.96. The fourth-order valence-electron chi connectivity index (χ4n) is 2.74. The molecule has 1 aliphatic heterocycles. The number of nitrogens with zero attached hydrogens (tertiary/aromatic N) is 1. The van der Waals surface area contributed by atoms with Crippen LogP contribution in [0.1, 0.15) is 25.7 Å². The molecule has 1 fully saturated rings. The van der Waals surface area contributed by atoms with Gasteiger partial charge in [-0.1, -0.05) is 0 Å². The van der Waals surface area contributed by atoms with E-state index < -0.39 is 21.3 Å². The highest BCUT2D eigenvalue weighted by Crippen LogP contribution is 2.52. The van der Waals surface area contributed by atoms with Gasteiger partial charge in [0, 0.05) is 5.92 Å². The summed E-state index contributed by atoms with van der Waals surface area (Å²) < 4.78 is 27.1. The van der Waals surface area contributed by atoms with Gasteiger partial charge in [0.15, 0.2) is 5.85 Å². The van der Waals surface area contributed by atoms with Gasteiger partial charge in [0.1, 0.15) is 0 Å². The summed E-state index contributed by atoms with van der Waals surface area (Å²) in [5.41, 5.74) is 0. The summed E-state index contributed by atoms with van der Waals surface area (Å²) in [5.74, 6) is -1.45. The van der Waals surface area contributed by atoms with Gasteiger partial charge in [-0.25, -0.2) is 4.57 Å². The molecule has 11 heteroatoms. The van der Waals surface area contributed by atoms with E-state index in [1.807, 2.05) is 0 Å². The zero-order valence-electron chi connectivity index (χ0n) is 12.1. The second-order valence-corrected chi connectivity index (χ2v) is 9.01. The van der Waals surface area contributed by atoms with Crippen molar-refractivity contribution in [3.63, 3.8) is 0 Å². The van der Waals surface area contributed by atoms with Gasteiger partial charge < -0.3 is 36.5 Å². The molecule has 21 heavy (non-hydrogen) atoms. The molecule has 0 amide bonds. The number of phosphoric ester groups is 1. The number of quaternary nitrogens is 1. The Hall–Kier alpha value is 0.510. The minimum Gasteiger partial charge on any atom is -1.00 e. The molecule has 1 heterocycles. The van der Waals surface area contributed by atoms with E-state index in [9.17, 15) is 9.13 Å². The fraction of sp³-hybridized carbons (Fsp3) is 1.00. The predicted molar refractivity (Wildman–Crippen MR) is 72.8 cm³/mol. The lowest BCUT2D eigenvalue weighted by Gasteiger charge is -2.38. The molecule has 1 rings (SSSR count). The number of hydrogen-bond donors (Lipinski definition) is 4. The van der Waals surface area contributed by atoms with Crippen molar-refractivity contribution >= 4 is 15.4 Å². The van der Waals surface area contributed by atoms with Crippen LogP contribution in [0, 0.1) is 5.92 Å². The van der Waals surface area contributed by atoms with Crippen LogP contribution in [0.4, 0.5) is 0 Å². The SMILES string of the molecule is C[N+]1(C)CCCC(CCC(OP(=O)(O)O)P(=O)(O)O)C1.[Cl-]. The molecule has 2 unspecified atom stereocenters. The Balaban J connectivity index is 0.00000400. The van der Waals surface area contributed by atoms with Crippen molar-refractivity contribution in [2.45, 2.75) is 31.5 Å². The third-order valence-corrected chi connectivity index (χ3v) is 5.39. The van der Waals surface area contributed by atoms with Gasteiger partial charge in [-0.15, -0.1) is 0 Å². The van der Waals surface area contributed by atoms with Crippen LogP contribution in [0.25, 0.3) is 0 Å². The van der Waals surface area contributed by atoms with Gasteiger partial charge in [0.05, 0.1) is 27.2 Å². The molecule has 1 aliphatic rings. The third-order valence-electron chi connectivity index (χ3n) is 3.58. The van der Waals surface area contributed by atoms with Crippen molar-refractivity contribution in [2.24, 2.45) is 5.92 Å². The summed E-state index contributed by atoms with van der Waals surface area (Å²) in [7, 11) is -5.41. The van der Waals surface area contributed by atoms with Gasteiger partial charge in [0.2, 0.25) is 0 Å². The molecule has 0 radical (unpaired) electrons. The van der Waals surface area contributed by atoms with Crippen LogP contribution < -0.4 is 12.4 Å². The Morgan fingerprint density at radius 3 is 2.24 bits per heavy atom. The molecule has 0 bridgehead atoms. The zero-order valence-corrected chi connectivity index (χ0v) is 14.7. The van der Waals surface area contributed by atoms with E-state index >= 15 is 0 Å². The van der Waals surface area contributed by atoms with Gasteiger partial charge in [0.25, 0.3) is 0 Å². The van der Waals surface area contributed by atoms with E-state index in [-0.39, 0.29) is 24.7 Å². The van der Waals surface area contributed by atoms with E-state index in [4.69, 9.17) is 19.6 Å². The standard InChI is InChI=1S/C10H23NO7P2.ClH/c1-11(2)7-3-4-9(8-11)5-6-10(19(12,13)14)18-20(15,16)17;/h9-10H,3-8H2,1-2H3,(H3-,12,13,14,15,16,17);1H. The maximum Gasteiger partial charge on any atom is 0.470 e. The summed E-state index contributed by atoms with van der Waals surface area (Å²) >= 11 is 0. The Kier molecular flexibility index (Phi) is 8.05. The molecule has 0 spiro atoms. The van der Waals surface area contributed by atoms with Crippen molar-refractivity contribution < 1.29 is 50.1 Å². The van der Waals surface area contributed by atoms with Crippen molar-refractivity contribution in [1.29, 1.82) is 0 Å². The third kappa shape index (κ3) is 8.65. The van der Waals surface area contributed by atoms with Gasteiger partial charge >= 0.3 is 15.4 Å². The topological polar surface area (TPSA) is 124 Å². The van der Waals surface area contributed by atoms with E-state index in [1.165, 1.54) is 0 Å². The number of rotatable bonds is 6. The predicted octanol–water partition coefficient (Wildman–Crippen LogP) is -2.13. The Morgan fingerprint density at radius 1 is 1.24 bits per heavy atom. The van der Waals surface area contributed by atoms with Crippen LogP contribution >= 0.6 is 15.4 Å². The van der Waals surface area contributed by atoms with Crippen LogP contribution in [0.3, 0.4) is 0 Å². The molecule has 8 nitrogen and oxygen atoms in total. The number of halogens is 1. The second kappa shape index (κ2) is 7.86. The first kappa shape index (κ1) is 21.5. The van der Waals surface area contributed by atoms with E-state index in [0.29, 0.717) is 6.42 Å². The van der Waals surface area contributed by atoms with Crippen molar-refractivity contribution in [2.75, 3.05) is 27.2 Å². The average Bonchev–Trinajstić information content (AvgIpc) is 2.19. The molecule has 0 aromatic heterocycles. The van der Waals surface area contributed by atoms with Crippen LogP contribution in [0.5, 0.6) is 0 Å². The Labute approximate surface area is 130 Å². The highest BCUT2D eigenvalue weighted by Gasteiger charge is 2.37. The van der Waals surface area contributed by atoms with Crippen LogP contribution in [0.15, 0.2) is 0 Å². The lowest BCUT2D eigenvalue weighted by molar-refractivity contribution is -0.898. The molecule has 0 aromatic carbocycles. The number of phosphoric acid groups is 1. The number of piperidine rings is 1. The molecule has 4 N–H and O–H groups in total. The van der Waals surface area contributed by atoms with Gasteiger partial charge in [-0.05, 0) is 25.7 Å². The fourth-order valence-corrected chi connectivity index (χ4v) is 4.51. The van der Waals surface area contributed by atoms with Crippen LogP contribution in [-0.2, 0) is 13.7 Å². The first-order valence-electron chi connectivity index (χ1n) is 6.50. The lowest BCUT2D eigenvalue weighted by atomic mass is 9.92. The van der Waals surface area contributed by atoms with E-state index in [2.05, 4.69) is 18.6 Å². The molecule has 2 atom stereocenters. The highest BCUT2D eigenvalue weighted by molar-refractivity contribution is 7.53. The quantitative estimate of drug-likeness (QED) is 0.312. The van der Waals surface area contributed by atoms with Gasteiger partial charge in [-0.3, -0.25) is 9.09 Å². The highest BCUT2D eigenvalue weighted by atomic mass is 35.5. The maximum absolute atomic E-state index is 11.2. The Morgan fingerprint density at radius 2 is 1.81 bits per heavy atom. The molecule has 128 valence electrons. The maximum atomic E-state index is 11.2. The second-order valence-electron chi connectivity index (χ2n) is 6.07. The molecular formula is C10H24ClNO7P2. The van der Waals surface area contributed by atoms with E-state index in [0.717, 1.165) is 30.4 Å². The summed E-state index contributed by atoms with van der Waals surface area (Å²) in [6.07, 6.45) is 2.43. The number of likely N-dealkylation sites (tertiary alicyclic amines) is 1. The van der Waals surface area contributed by atoms with E-state index in [1.54, 1.807) is 0 Å². The number of hydrogen-bond acceptors (Lipinski definition) is 3. The normalized spacial score (nSPS) is 24.2. The largest absolute Gasteiger partial charge is 1.00 e. The molecule has 0 saturated carbocycles. The van der Waals surface area contributed by atoms with Crippen LogP contribution in [-0.4, -0.2) is 57.1 Å². The first-order chi connectivity index (χ1) is 8.89. The lowest BCUT2D eigenvalue weighted by Crippen LogP contribution is -3.00. The summed E-state index contributed by atoms with van der Waals surface area (Å²) in [5, 5.41) is 0. The van der Waals surface area contributed by atoms with Crippen LogP contribution in [0.2, 0.25) is 0 Å². The monoisotopic (exact) mass is 367 g/mol.